The third kappa shape index (κ3) is 5.39. The summed E-state index contributed by atoms with van der Waals surface area (Å²) in [6, 6.07) is 13.3. The molecule has 0 radical (unpaired) electrons. The SMILES string of the molecule is Cc1cc(Cl)ccc1NC(=O)CO/N=C\c1ccc(C(C)C)cc1. The Hall–Kier alpha value is -2.33. The van der Waals surface area contributed by atoms with E-state index in [-0.39, 0.29) is 12.5 Å². The lowest BCUT2D eigenvalue weighted by atomic mass is 10.0. The molecule has 0 bridgehead atoms. The van der Waals surface area contributed by atoms with Gasteiger partial charge in [-0.1, -0.05) is 54.9 Å². The van der Waals surface area contributed by atoms with Crippen LogP contribution in [0.1, 0.15) is 36.5 Å². The van der Waals surface area contributed by atoms with Crippen molar-refractivity contribution < 1.29 is 9.63 Å². The van der Waals surface area contributed by atoms with Crippen LogP contribution in [0.15, 0.2) is 47.6 Å². The highest BCUT2D eigenvalue weighted by atomic mass is 35.5. The van der Waals surface area contributed by atoms with Crippen molar-refractivity contribution in [2.24, 2.45) is 5.16 Å². The summed E-state index contributed by atoms with van der Waals surface area (Å²) in [4.78, 5) is 16.9. The summed E-state index contributed by atoms with van der Waals surface area (Å²) in [5.41, 5.74) is 3.80. The van der Waals surface area contributed by atoms with Crippen LogP contribution in [-0.4, -0.2) is 18.7 Å². The van der Waals surface area contributed by atoms with E-state index in [0.29, 0.717) is 16.6 Å². The largest absolute Gasteiger partial charge is 0.386 e. The Morgan fingerprint density at radius 1 is 1.25 bits per heavy atom. The number of benzene rings is 2. The second kappa shape index (κ2) is 8.50. The van der Waals surface area contributed by atoms with Crippen LogP contribution in [0.25, 0.3) is 0 Å². The predicted molar refractivity (Wildman–Crippen MR) is 98.9 cm³/mol. The van der Waals surface area contributed by atoms with E-state index in [2.05, 4.69) is 36.5 Å². The zero-order chi connectivity index (χ0) is 17.5. The molecule has 0 heterocycles. The van der Waals surface area contributed by atoms with Crippen molar-refractivity contribution in [2.45, 2.75) is 26.7 Å². The number of halogens is 1. The van der Waals surface area contributed by atoms with Crippen LogP contribution < -0.4 is 5.32 Å². The van der Waals surface area contributed by atoms with Gasteiger partial charge in [-0.2, -0.15) is 0 Å². The Labute approximate surface area is 147 Å². The van der Waals surface area contributed by atoms with Crippen molar-refractivity contribution in [1.29, 1.82) is 0 Å². The average Bonchev–Trinajstić information content (AvgIpc) is 2.55. The van der Waals surface area contributed by atoms with Crippen molar-refractivity contribution in [1.82, 2.24) is 0 Å². The summed E-state index contributed by atoms with van der Waals surface area (Å²) in [5.74, 6) is 0.222. The molecule has 1 amide bonds. The first-order valence-electron chi connectivity index (χ1n) is 7.77. The van der Waals surface area contributed by atoms with Crippen LogP contribution in [0.5, 0.6) is 0 Å². The van der Waals surface area contributed by atoms with Crippen LogP contribution in [-0.2, 0) is 9.63 Å². The number of aryl methyl sites for hydroxylation is 1. The monoisotopic (exact) mass is 344 g/mol. The molecule has 24 heavy (non-hydrogen) atoms. The Kier molecular flexibility index (Phi) is 6.38. The maximum absolute atomic E-state index is 11.8. The van der Waals surface area contributed by atoms with Crippen LogP contribution in [0.4, 0.5) is 5.69 Å². The first kappa shape index (κ1) is 18.0. The van der Waals surface area contributed by atoms with Crippen LogP contribution in [0, 0.1) is 6.92 Å². The van der Waals surface area contributed by atoms with Crippen LogP contribution >= 0.6 is 11.6 Å². The molecule has 0 fully saturated rings. The third-order valence-electron chi connectivity index (χ3n) is 3.54. The second-order valence-electron chi connectivity index (χ2n) is 5.84. The number of anilines is 1. The number of nitrogens with one attached hydrogen (secondary N) is 1. The van der Waals surface area contributed by atoms with Gasteiger partial charge < -0.3 is 10.2 Å². The van der Waals surface area contributed by atoms with Gasteiger partial charge in [0.25, 0.3) is 5.91 Å². The van der Waals surface area contributed by atoms with Gasteiger partial charge in [0.1, 0.15) is 0 Å². The number of hydrogen-bond donors (Lipinski definition) is 1. The molecule has 0 aliphatic carbocycles. The van der Waals surface area contributed by atoms with Crippen LogP contribution in [0.3, 0.4) is 0 Å². The van der Waals surface area contributed by atoms with E-state index >= 15 is 0 Å². The number of rotatable bonds is 6. The molecule has 0 saturated carbocycles. The number of nitrogens with zero attached hydrogens (tertiary/aromatic N) is 1. The summed E-state index contributed by atoms with van der Waals surface area (Å²) < 4.78 is 0. The van der Waals surface area contributed by atoms with Gasteiger partial charge in [-0.3, -0.25) is 4.79 Å². The van der Waals surface area contributed by atoms with E-state index in [0.717, 1.165) is 11.1 Å². The van der Waals surface area contributed by atoms with E-state index in [1.54, 1.807) is 24.4 Å². The van der Waals surface area contributed by atoms with Crippen molar-refractivity contribution in [2.75, 3.05) is 11.9 Å². The van der Waals surface area contributed by atoms with Crippen molar-refractivity contribution >= 4 is 29.4 Å². The molecule has 1 N–H and O–H groups in total. The van der Waals surface area contributed by atoms with Gasteiger partial charge in [-0.15, -0.1) is 0 Å². The second-order valence-corrected chi connectivity index (χ2v) is 6.27. The molecule has 2 aromatic carbocycles. The zero-order valence-corrected chi connectivity index (χ0v) is 14.8. The molecule has 0 aliphatic heterocycles. The summed E-state index contributed by atoms with van der Waals surface area (Å²) in [5, 5.41) is 7.22. The lowest BCUT2D eigenvalue weighted by Crippen LogP contribution is -2.17. The van der Waals surface area contributed by atoms with Crippen molar-refractivity contribution in [3.8, 4) is 0 Å². The highest BCUT2D eigenvalue weighted by Gasteiger charge is 2.05. The maximum Gasteiger partial charge on any atom is 0.265 e. The first-order chi connectivity index (χ1) is 11.5. The third-order valence-corrected chi connectivity index (χ3v) is 3.77. The van der Waals surface area contributed by atoms with Gasteiger partial charge in [0.05, 0.1) is 6.21 Å². The molecule has 2 rings (SSSR count). The topological polar surface area (TPSA) is 50.7 Å². The lowest BCUT2D eigenvalue weighted by molar-refractivity contribution is -0.120. The molecule has 0 saturated heterocycles. The average molecular weight is 345 g/mol. The molecule has 0 aliphatic rings. The van der Waals surface area contributed by atoms with E-state index in [1.807, 2.05) is 19.1 Å². The smallest absolute Gasteiger partial charge is 0.265 e. The van der Waals surface area contributed by atoms with E-state index in [9.17, 15) is 4.79 Å². The molecule has 0 unspecified atom stereocenters. The molecule has 0 spiro atoms. The van der Waals surface area contributed by atoms with Crippen molar-refractivity contribution in [3.63, 3.8) is 0 Å². The fourth-order valence-corrected chi connectivity index (χ4v) is 2.34. The molecule has 2 aromatic rings. The molecule has 4 nitrogen and oxygen atoms in total. The fourth-order valence-electron chi connectivity index (χ4n) is 2.11. The first-order valence-corrected chi connectivity index (χ1v) is 8.15. The molecule has 0 aromatic heterocycles. The minimum Gasteiger partial charge on any atom is -0.386 e. The highest BCUT2D eigenvalue weighted by molar-refractivity contribution is 6.30. The number of oxime groups is 1. The predicted octanol–water partition coefficient (Wildman–Crippen LogP) is 4.76. The normalized spacial score (nSPS) is 11.0. The molecule has 126 valence electrons. The van der Waals surface area contributed by atoms with E-state index < -0.39 is 0 Å². The number of carbonyl (C=O) groups excluding carboxylic acids is 1. The standard InChI is InChI=1S/C19H21ClN2O2/c1-13(2)16-6-4-15(5-7-16)11-21-24-12-19(23)22-18-9-8-17(20)10-14(18)3/h4-11,13H,12H2,1-3H3,(H,22,23)/b21-11-. The number of amides is 1. The Morgan fingerprint density at radius 2 is 1.96 bits per heavy atom. The Bertz CT molecular complexity index is 725. The molecular weight excluding hydrogens is 324 g/mol. The molecular formula is C19H21ClN2O2. The number of hydrogen-bond acceptors (Lipinski definition) is 3. The van der Waals surface area contributed by atoms with Gasteiger partial charge >= 0.3 is 0 Å². The molecule has 5 heteroatoms. The van der Waals surface area contributed by atoms with Gasteiger partial charge in [-0.25, -0.2) is 0 Å². The Morgan fingerprint density at radius 3 is 2.58 bits per heavy atom. The fraction of sp³-hybridized carbons (Fsp3) is 0.263. The van der Waals surface area contributed by atoms with Crippen LogP contribution in [0.2, 0.25) is 5.02 Å². The number of carbonyl (C=O) groups is 1. The highest BCUT2D eigenvalue weighted by Crippen LogP contribution is 2.19. The van der Waals surface area contributed by atoms with E-state index in [4.69, 9.17) is 16.4 Å². The zero-order valence-electron chi connectivity index (χ0n) is 14.0. The summed E-state index contributed by atoms with van der Waals surface area (Å²) in [6.07, 6.45) is 1.59. The maximum atomic E-state index is 11.8. The Balaban J connectivity index is 1.81. The van der Waals surface area contributed by atoms with Gasteiger partial charge in [0.2, 0.25) is 0 Å². The van der Waals surface area contributed by atoms with Gasteiger partial charge in [-0.05, 0) is 47.7 Å². The quantitative estimate of drug-likeness (QED) is 0.606. The molecule has 0 atom stereocenters. The van der Waals surface area contributed by atoms with Gasteiger partial charge in [0, 0.05) is 10.7 Å². The summed E-state index contributed by atoms with van der Waals surface area (Å²) >= 11 is 5.88. The minimum absolute atomic E-state index is 0.150. The van der Waals surface area contributed by atoms with Crippen molar-refractivity contribution in [3.05, 3.63) is 64.2 Å². The van der Waals surface area contributed by atoms with E-state index in [1.165, 1.54) is 5.56 Å². The summed E-state index contributed by atoms with van der Waals surface area (Å²) in [6.45, 7) is 6.02. The summed E-state index contributed by atoms with van der Waals surface area (Å²) in [7, 11) is 0. The minimum atomic E-state index is -0.271. The lowest BCUT2D eigenvalue weighted by Gasteiger charge is -2.07. The van der Waals surface area contributed by atoms with Gasteiger partial charge in [0.15, 0.2) is 6.61 Å².